The third-order valence-corrected chi connectivity index (χ3v) is 6.59. The number of anilines is 1. The molecular weight excluding hydrogens is 402 g/mol. The normalized spacial score (nSPS) is 16.5. The van der Waals surface area contributed by atoms with Crippen LogP contribution in [0.4, 0.5) is 5.69 Å². The second-order valence-electron chi connectivity index (χ2n) is 7.51. The maximum atomic E-state index is 12.5. The highest BCUT2D eigenvalue weighted by Gasteiger charge is 2.31. The van der Waals surface area contributed by atoms with Crippen molar-refractivity contribution < 1.29 is 17.6 Å². The number of carbonyl (C=O) groups excluding carboxylic acids is 1. The number of hydrogen-bond acceptors (Lipinski definition) is 5. The Balaban J connectivity index is 1.59. The molecule has 0 saturated carbocycles. The molecule has 4 rings (SSSR count). The first kappa shape index (κ1) is 20.2. The standard InChI is InChI=1S/C22H23N3O4S/c1-14(2)24-30(27,28)16-10-8-15(9-11-16)19-12-13-20(29-19)21-23-22(26)17-6-4-5-7-18(17)25(21)3/h4-14,21,24H,1-3H3,(H,23,26). The van der Waals surface area contributed by atoms with Crippen LogP contribution in [0.25, 0.3) is 11.3 Å². The summed E-state index contributed by atoms with van der Waals surface area (Å²) in [6.07, 6.45) is -0.434. The smallest absolute Gasteiger partial charge is 0.255 e. The highest BCUT2D eigenvalue weighted by Crippen LogP contribution is 2.34. The molecule has 1 atom stereocenters. The Kier molecular flexibility index (Phi) is 5.13. The summed E-state index contributed by atoms with van der Waals surface area (Å²) in [5.41, 5.74) is 2.20. The van der Waals surface area contributed by atoms with Gasteiger partial charge < -0.3 is 14.6 Å². The first-order valence-electron chi connectivity index (χ1n) is 9.61. The molecule has 0 spiro atoms. The van der Waals surface area contributed by atoms with Gasteiger partial charge in [0, 0.05) is 18.7 Å². The first-order chi connectivity index (χ1) is 14.3. The molecule has 1 aliphatic rings. The van der Waals surface area contributed by atoms with E-state index in [4.69, 9.17) is 4.42 Å². The van der Waals surface area contributed by atoms with Crippen LogP contribution in [0.3, 0.4) is 0 Å². The van der Waals surface area contributed by atoms with Gasteiger partial charge in [-0.1, -0.05) is 12.1 Å². The Morgan fingerprint density at radius 2 is 1.73 bits per heavy atom. The highest BCUT2D eigenvalue weighted by molar-refractivity contribution is 7.89. The third-order valence-electron chi connectivity index (χ3n) is 4.92. The molecule has 0 saturated heterocycles. The second-order valence-corrected chi connectivity index (χ2v) is 9.22. The molecule has 7 nitrogen and oxygen atoms in total. The minimum absolute atomic E-state index is 0.154. The van der Waals surface area contributed by atoms with Gasteiger partial charge in [0.05, 0.1) is 16.1 Å². The monoisotopic (exact) mass is 425 g/mol. The lowest BCUT2D eigenvalue weighted by molar-refractivity contribution is 0.0922. The average molecular weight is 426 g/mol. The van der Waals surface area contributed by atoms with E-state index in [1.165, 1.54) is 0 Å². The summed E-state index contributed by atoms with van der Waals surface area (Å²) in [4.78, 5) is 14.6. The summed E-state index contributed by atoms with van der Waals surface area (Å²) in [6.45, 7) is 3.55. The fourth-order valence-corrected chi connectivity index (χ4v) is 4.76. The zero-order valence-electron chi connectivity index (χ0n) is 16.9. The molecule has 1 amide bonds. The molecule has 0 fully saturated rings. The Morgan fingerprint density at radius 1 is 1.03 bits per heavy atom. The van der Waals surface area contributed by atoms with Gasteiger partial charge in [0.25, 0.3) is 5.91 Å². The van der Waals surface area contributed by atoms with Crippen LogP contribution in [0.15, 0.2) is 70.0 Å². The summed E-state index contributed by atoms with van der Waals surface area (Å²) in [6, 6.07) is 17.4. The molecule has 1 aliphatic heterocycles. The van der Waals surface area contributed by atoms with E-state index in [0.717, 1.165) is 11.3 Å². The van der Waals surface area contributed by atoms with Gasteiger partial charge >= 0.3 is 0 Å². The lowest BCUT2D eigenvalue weighted by atomic mass is 10.1. The molecular formula is C22H23N3O4S. The lowest BCUT2D eigenvalue weighted by Crippen LogP contribution is -2.44. The van der Waals surface area contributed by atoms with E-state index in [-0.39, 0.29) is 16.8 Å². The van der Waals surface area contributed by atoms with Crippen LogP contribution in [0.5, 0.6) is 0 Å². The second kappa shape index (κ2) is 7.62. The number of fused-ring (bicyclic) bond motifs is 1. The molecule has 2 aromatic carbocycles. The van der Waals surface area contributed by atoms with Crippen LogP contribution in [0.2, 0.25) is 0 Å². The lowest BCUT2D eigenvalue weighted by Gasteiger charge is -2.34. The van der Waals surface area contributed by atoms with Crippen LogP contribution in [0.1, 0.15) is 36.1 Å². The molecule has 0 bridgehead atoms. The van der Waals surface area contributed by atoms with Crippen LogP contribution in [0, 0.1) is 0 Å². The predicted octanol–water partition coefficient (Wildman–Crippen LogP) is 3.51. The van der Waals surface area contributed by atoms with E-state index in [0.29, 0.717) is 17.1 Å². The summed E-state index contributed by atoms with van der Waals surface area (Å²) in [5, 5.41) is 2.96. The van der Waals surface area contributed by atoms with E-state index < -0.39 is 16.2 Å². The summed E-state index contributed by atoms with van der Waals surface area (Å²) < 4.78 is 33.2. The molecule has 1 unspecified atom stereocenters. The van der Waals surface area contributed by atoms with E-state index >= 15 is 0 Å². The third kappa shape index (κ3) is 3.71. The summed E-state index contributed by atoms with van der Waals surface area (Å²) in [5.74, 6) is 1.03. The van der Waals surface area contributed by atoms with Crippen LogP contribution in [-0.2, 0) is 10.0 Å². The zero-order valence-corrected chi connectivity index (χ0v) is 17.7. The Labute approximate surface area is 175 Å². The minimum atomic E-state index is -3.55. The van der Waals surface area contributed by atoms with Crippen molar-refractivity contribution in [3.05, 3.63) is 72.0 Å². The Hall–Kier alpha value is -3.10. The molecule has 8 heteroatoms. The summed E-state index contributed by atoms with van der Waals surface area (Å²) >= 11 is 0. The Bertz CT molecular complexity index is 1180. The van der Waals surface area contributed by atoms with Crippen molar-refractivity contribution >= 4 is 21.6 Å². The van der Waals surface area contributed by atoms with Gasteiger partial charge in [0.1, 0.15) is 11.5 Å². The molecule has 0 aliphatic carbocycles. The zero-order chi connectivity index (χ0) is 21.5. The average Bonchev–Trinajstić information content (AvgIpc) is 3.20. The number of benzene rings is 2. The van der Waals surface area contributed by atoms with E-state index in [1.807, 2.05) is 42.3 Å². The number of amides is 1. The van der Waals surface area contributed by atoms with Crippen molar-refractivity contribution in [3.8, 4) is 11.3 Å². The van der Waals surface area contributed by atoms with Gasteiger partial charge in [-0.25, -0.2) is 13.1 Å². The van der Waals surface area contributed by atoms with Crippen LogP contribution in [-0.4, -0.2) is 27.4 Å². The SMILES string of the molecule is CC(C)NS(=O)(=O)c1ccc(-c2ccc(C3NC(=O)c4ccccc4N3C)o2)cc1. The largest absolute Gasteiger partial charge is 0.457 e. The quantitative estimate of drug-likeness (QED) is 0.653. The highest BCUT2D eigenvalue weighted by atomic mass is 32.2. The maximum absolute atomic E-state index is 12.5. The maximum Gasteiger partial charge on any atom is 0.255 e. The number of furan rings is 1. The first-order valence-corrected chi connectivity index (χ1v) is 11.1. The van der Waals surface area contributed by atoms with Crippen molar-refractivity contribution in [2.24, 2.45) is 0 Å². The van der Waals surface area contributed by atoms with Crippen molar-refractivity contribution in [2.75, 3.05) is 11.9 Å². The Morgan fingerprint density at radius 3 is 2.43 bits per heavy atom. The topological polar surface area (TPSA) is 91.7 Å². The number of sulfonamides is 1. The molecule has 1 aromatic heterocycles. The molecule has 2 N–H and O–H groups in total. The number of para-hydroxylation sites is 1. The number of carbonyl (C=O) groups is 1. The number of hydrogen-bond donors (Lipinski definition) is 2. The minimum Gasteiger partial charge on any atom is -0.457 e. The fourth-order valence-electron chi connectivity index (χ4n) is 3.50. The van der Waals surface area contributed by atoms with E-state index in [1.54, 1.807) is 44.2 Å². The van der Waals surface area contributed by atoms with Gasteiger partial charge in [-0.2, -0.15) is 0 Å². The van der Waals surface area contributed by atoms with Gasteiger partial charge in [-0.05, 0) is 62.4 Å². The van der Waals surface area contributed by atoms with Crippen LogP contribution < -0.4 is 14.9 Å². The fraction of sp³-hybridized carbons (Fsp3) is 0.227. The van der Waals surface area contributed by atoms with Crippen molar-refractivity contribution in [1.29, 1.82) is 0 Å². The molecule has 156 valence electrons. The van der Waals surface area contributed by atoms with E-state index in [2.05, 4.69) is 10.0 Å². The van der Waals surface area contributed by atoms with Gasteiger partial charge in [0.2, 0.25) is 10.0 Å². The van der Waals surface area contributed by atoms with E-state index in [9.17, 15) is 13.2 Å². The predicted molar refractivity (Wildman–Crippen MR) is 115 cm³/mol. The molecule has 30 heavy (non-hydrogen) atoms. The van der Waals surface area contributed by atoms with Crippen molar-refractivity contribution in [2.45, 2.75) is 31.0 Å². The summed E-state index contributed by atoms with van der Waals surface area (Å²) in [7, 11) is -1.65. The molecule has 2 heterocycles. The van der Waals surface area contributed by atoms with Crippen molar-refractivity contribution in [3.63, 3.8) is 0 Å². The number of rotatable bonds is 5. The molecule has 3 aromatic rings. The number of nitrogens with zero attached hydrogens (tertiary/aromatic N) is 1. The van der Waals surface area contributed by atoms with Gasteiger partial charge in [0.15, 0.2) is 6.17 Å². The van der Waals surface area contributed by atoms with Gasteiger partial charge in [-0.3, -0.25) is 4.79 Å². The number of nitrogens with one attached hydrogen (secondary N) is 2. The van der Waals surface area contributed by atoms with Crippen LogP contribution >= 0.6 is 0 Å². The molecule has 0 radical (unpaired) electrons. The van der Waals surface area contributed by atoms with Crippen molar-refractivity contribution in [1.82, 2.24) is 10.0 Å². The van der Waals surface area contributed by atoms with Gasteiger partial charge in [-0.15, -0.1) is 0 Å².